The molecule has 1 aromatic carbocycles. The van der Waals surface area contributed by atoms with Crippen LogP contribution < -0.4 is 9.64 Å². The number of aldehydes is 1. The summed E-state index contributed by atoms with van der Waals surface area (Å²) in [4.78, 5) is 39.8. The van der Waals surface area contributed by atoms with E-state index in [1.54, 1.807) is 23.1 Å². The summed E-state index contributed by atoms with van der Waals surface area (Å²) in [5, 5.41) is 0. The summed E-state index contributed by atoms with van der Waals surface area (Å²) >= 11 is 0. The molecule has 0 fully saturated rings. The highest BCUT2D eigenvalue weighted by atomic mass is 16.5. The van der Waals surface area contributed by atoms with Gasteiger partial charge >= 0.3 is 0 Å². The minimum atomic E-state index is -0.604. The molecule has 0 saturated carbocycles. The van der Waals surface area contributed by atoms with Gasteiger partial charge in [-0.2, -0.15) is 0 Å². The monoisotopic (exact) mass is 346 g/mol. The Morgan fingerprint density at radius 2 is 1.92 bits per heavy atom. The Hall–Kier alpha value is -2.37. The third kappa shape index (κ3) is 4.18. The Morgan fingerprint density at radius 3 is 2.48 bits per heavy atom. The van der Waals surface area contributed by atoms with Gasteiger partial charge in [-0.1, -0.05) is 20.8 Å². The van der Waals surface area contributed by atoms with Crippen molar-refractivity contribution in [2.75, 3.05) is 24.5 Å². The van der Waals surface area contributed by atoms with Gasteiger partial charge in [0, 0.05) is 18.7 Å². The highest BCUT2D eigenvalue weighted by molar-refractivity contribution is 6.04. The van der Waals surface area contributed by atoms with E-state index in [4.69, 9.17) is 4.74 Å². The van der Waals surface area contributed by atoms with Crippen molar-refractivity contribution in [1.82, 2.24) is 4.90 Å². The van der Waals surface area contributed by atoms with Gasteiger partial charge in [-0.3, -0.25) is 19.3 Å². The van der Waals surface area contributed by atoms with Gasteiger partial charge in [0.05, 0.1) is 5.69 Å². The van der Waals surface area contributed by atoms with Crippen molar-refractivity contribution in [3.8, 4) is 5.75 Å². The molecule has 0 saturated heterocycles. The second-order valence-corrected chi connectivity index (χ2v) is 6.16. The molecule has 136 valence electrons. The van der Waals surface area contributed by atoms with Crippen LogP contribution in [0.5, 0.6) is 5.75 Å². The molecular weight excluding hydrogens is 320 g/mol. The van der Waals surface area contributed by atoms with E-state index in [0.717, 1.165) is 19.1 Å². The number of carbonyl (C=O) groups excluding carboxylic acids is 3. The van der Waals surface area contributed by atoms with E-state index in [-0.39, 0.29) is 18.4 Å². The summed E-state index contributed by atoms with van der Waals surface area (Å²) in [6.45, 7) is 7.22. The quantitative estimate of drug-likeness (QED) is 0.679. The standard InChI is InChI=1S/C19H26N2O4/c1-4-9-20(10-5-2)18(23)12-21-15-11-14(13-22)7-8-17(15)25-16(6-3)19(21)24/h7-8,11,13,16H,4-6,9-10,12H2,1-3H3. The minimum absolute atomic E-state index is 0.0337. The van der Waals surface area contributed by atoms with Crippen molar-refractivity contribution < 1.29 is 19.1 Å². The highest BCUT2D eigenvalue weighted by Crippen LogP contribution is 2.35. The predicted octanol–water partition coefficient (Wildman–Crippen LogP) is 2.65. The Balaban J connectivity index is 2.32. The Bertz CT molecular complexity index is 638. The average Bonchev–Trinajstić information content (AvgIpc) is 2.63. The number of fused-ring (bicyclic) bond motifs is 1. The molecule has 0 N–H and O–H groups in total. The van der Waals surface area contributed by atoms with Gasteiger partial charge in [-0.25, -0.2) is 0 Å². The van der Waals surface area contributed by atoms with Gasteiger partial charge in [0.25, 0.3) is 5.91 Å². The van der Waals surface area contributed by atoms with Crippen molar-refractivity contribution >= 4 is 23.8 Å². The predicted molar refractivity (Wildman–Crippen MR) is 96.1 cm³/mol. The van der Waals surface area contributed by atoms with Crippen LogP contribution in [-0.4, -0.2) is 48.7 Å². The molecule has 1 aromatic rings. The van der Waals surface area contributed by atoms with Gasteiger partial charge in [0.15, 0.2) is 6.10 Å². The fourth-order valence-corrected chi connectivity index (χ4v) is 2.97. The van der Waals surface area contributed by atoms with Gasteiger partial charge in [-0.05, 0) is 37.5 Å². The number of rotatable bonds is 8. The average molecular weight is 346 g/mol. The molecule has 2 amide bonds. The zero-order chi connectivity index (χ0) is 18.4. The maximum Gasteiger partial charge on any atom is 0.268 e. The number of hydrogen-bond donors (Lipinski definition) is 0. The molecule has 1 atom stereocenters. The van der Waals surface area contributed by atoms with Gasteiger partial charge < -0.3 is 9.64 Å². The lowest BCUT2D eigenvalue weighted by molar-refractivity contribution is -0.133. The number of carbonyl (C=O) groups is 3. The van der Waals surface area contributed by atoms with Crippen LogP contribution in [0.3, 0.4) is 0 Å². The molecule has 0 spiro atoms. The number of amides is 2. The summed E-state index contributed by atoms with van der Waals surface area (Å²) in [6.07, 6.45) is 2.37. The number of anilines is 1. The van der Waals surface area contributed by atoms with Gasteiger partial charge in [0.1, 0.15) is 18.6 Å². The number of nitrogens with zero attached hydrogens (tertiary/aromatic N) is 2. The summed E-state index contributed by atoms with van der Waals surface area (Å²) in [5.41, 5.74) is 0.933. The first-order chi connectivity index (χ1) is 12.0. The van der Waals surface area contributed by atoms with E-state index in [1.807, 2.05) is 20.8 Å². The Kier molecular flexibility index (Phi) is 6.56. The molecule has 0 radical (unpaired) electrons. The third-order valence-electron chi connectivity index (χ3n) is 4.22. The first-order valence-corrected chi connectivity index (χ1v) is 8.90. The van der Waals surface area contributed by atoms with Gasteiger partial charge in [-0.15, -0.1) is 0 Å². The Morgan fingerprint density at radius 1 is 1.24 bits per heavy atom. The van der Waals surface area contributed by atoms with Crippen molar-refractivity contribution in [3.63, 3.8) is 0 Å². The van der Waals surface area contributed by atoms with Crippen LogP contribution in [0.1, 0.15) is 50.4 Å². The maximum absolute atomic E-state index is 12.7. The molecule has 25 heavy (non-hydrogen) atoms. The SMILES string of the molecule is CCCN(CCC)C(=O)CN1C(=O)C(CC)Oc2ccc(C=O)cc21. The maximum atomic E-state index is 12.7. The lowest BCUT2D eigenvalue weighted by atomic mass is 10.1. The second-order valence-electron chi connectivity index (χ2n) is 6.16. The van der Waals surface area contributed by atoms with E-state index < -0.39 is 6.10 Å². The van der Waals surface area contributed by atoms with Crippen molar-refractivity contribution in [2.45, 2.75) is 46.1 Å². The molecular formula is C19H26N2O4. The minimum Gasteiger partial charge on any atom is -0.478 e. The molecule has 6 heteroatoms. The first kappa shape index (κ1) is 19.0. The van der Waals surface area contributed by atoms with Crippen LogP contribution in [0.25, 0.3) is 0 Å². The van der Waals surface area contributed by atoms with Crippen molar-refractivity contribution in [2.24, 2.45) is 0 Å². The molecule has 1 unspecified atom stereocenters. The summed E-state index contributed by atoms with van der Waals surface area (Å²) in [7, 11) is 0. The molecule has 0 bridgehead atoms. The Labute approximate surface area is 148 Å². The van der Waals surface area contributed by atoms with E-state index >= 15 is 0 Å². The van der Waals surface area contributed by atoms with Crippen LogP contribution in [0, 0.1) is 0 Å². The molecule has 0 aliphatic carbocycles. The topological polar surface area (TPSA) is 66.9 Å². The van der Waals surface area contributed by atoms with E-state index in [0.29, 0.717) is 36.5 Å². The third-order valence-corrected chi connectivity index (χ3v) is 4.22. The van der Waals surface area contributed by atoms with Crippen molar-refractivity contribution in [1.29, 1.82) is 0 Å². The molecule has 2 rings (SSSR count). The highest BCUT2D eigenvalue weighted by Gasteiger charge is 2.35. The molecule has 6 nitrogen and oxygen atoms in total. The van der Waals surface area contributed by atoms with E-state index in [2.05, 4.69) is 0 Å². The van der Waals surface area contributed by atoms with Crippen LogP contribution in [0.4, 0.5) is 5.69 Å². The number of benzene rings is 1. The van der Waals surface area contributed by atoms with Crippen LogP contribution in [-0.2, 0) is 9.59 Å². The van der Waals surface area contributed by atoms with Crippen molar-refractivity contribution in [3.05, 3.63) is 23.8 Å². The second kappa shape index (κ2) is 8.65. The molecule has 1 aliphatic heterocycles. The largest absolute Gasteiger partial charge is 0.478 e. The number of hydrogen-bond acceptors (Lipinski definition) is 4. The number of ether oxygens (including phenoxy) is 1. The zero-order valence-corrected chi connectivity index (χ0v) is 15.2. The first-order valence-electron chi connectivity index (χ1n) is 8.90. The normalized spacial score (nSPS) is 16.2. The smallest absolute Gasteiger partial charge is 0.268 e. The van der Waals surface area contributed by atoms with Crippen LogP contribution in [0.15, 0.2) is 18.2 Å². The van der Waals surface area contributed by atoms with E-state index in [1.165, 1.54) is 4.90 Å². The fourth-order valence-electron chi connectivity index (χ4n) is 2.97. The van der Waals surface area contributed by atoms with Gasteiger partial charge in [0.2, 0.25) is 5.91 Å². The van der Waals surface area contributed by atoms with Crippen LogP contribution >= 0.6 is 0 Å². The van der Waals surface area contributed by atoms with Crippen LogP contribution in [0.2, 0.25) is 0 Å². The van der Waals surface area contributed by atoms with E-state index in [9.17, 15) is 14.4 Å². The molecule has 1 aliphatic rings. The lowest BCUT2D eigenvalue weighted by Gasteiger charge is -2.35. The summed E-state index contributed by atoms with van der Waals surface area (Å²) in [6, 6.07) is 4.93. The fraction of sp³-hybridized carbons (Fsp3) is 0.526. The summed E-state index contributed by atoms with van der Waals surface area (Å²) < 4.78 is 5.73. The zero-order valence-electron chi connectivity index (χ0n) is 15.2. The lowest BCUT2D eigenvalue weighted by Crippen LogP contribution is -2.50. The summed E-state index contributed by atoms with van der Waals surface area (Å²) in [5.74, 6) is 0.206. The molecule has 0 aromatic heterocycles. The molecule has 1 heterocycles.